The number of anilines is 1. The predicted octanol–water partition coefficient (Wildman–Crippen LogP) is 2.95. The van der Waals surface area contributed by atoms with E-state index in [1.165, 1.54) is 0 Å². The summed E-state index contributed by atoms with van der Waals surface area (Å²) in [4.78, 5) is 14.4. The Bertz CT molecular complexity index is 525. The second-order valence-electron chi connectivity index (χ2n) is 6.51. The predicted molar refractivity (Wildman–Crippen MR) is 81.0 cm³/mol. The average Bonchev–Trinajstić information content (AvgIpc) is 2.23. The minimum absolute atomic E-state index is 0.0800. The number of carbonyl (C=O) groups excluding carboxylic acids is 1. The van der Waals surface area contributed by atoms with Gasteiger partial charge in [-0.3, -0.25) is 4.79 Å². The third kappa shape index (κ3) is 3.25. The zero-order chi connectivity index (χ0) is 15.1. The van der Waals surface area contributed by atoms with Crippen LogP contribution in [0.15, 0.2) is 18.2 Å². The van der Waals surface area contributed by atoms with E-state index in [0.717, 1.165) is 0 Å². The highest BCUT2D eigenvalue weighted by molar-refractivity contribution is 6.31. The van der Waals surface area contributed by atoms with E-state index in [1.807, 2.05) is 27.7 Å². The van der Waals surface area contributed by atoms with Gasteiger partial charge in [-0.05, 0) is 45.9 Å². The molecule has 0 radical (unpaired) electrons. The molecule has 0 atom stereocenters. The fourth-order valence-corrected chi connectivity index (χ4v) is 3.01. The number of rotatable bonds is 1. The summed E-state index contributed by atoms with van der Waals surface area (Å²) < 4.78 is 5.98. The van der Waals surface area contributed by atoms with Crippen LogP contribution in [0.25, 0.3) is 0 Å². The van der Waals surface area contributed by atoms with Gasteiger partial charge in [0.1, 0.15) is 0 Å². The first-order valence-electron chi connectivity index (χ1n) is 6.64. The Balaban J connectivity index is 2.28. The number of halogens is 1. The van der Waals surface area contributed by atoms with Crippen molar-refractivity contribution in [2.45, 2.75) is 38.9 Å². The van der Waals surface area contributed by atoms with E-state index in [2.05, 4.69) is 0 Å². The molecule has 20 heavy (non-hydrogen) atoms. The molecule has 1 heterocycles. The molecule has 2 N–H and O–H groups in total. The van der Waals surface area contributed by atoms with Crippen molar-refractivity contribution >= 4 is 23.2 Å². The molecule has 1 aliphatic rings. The lowest BCUT2D eigenvalue weighted by Crippen LogP contribution is -2.58. The van der Waals surface area contributed by atoms with Crippen molar-refractivity contribution in [3.63, 3.8) is 0 Å². The van der Waals surface area contributed by atoms with Crippen molar-refractivity contribution in [1.82, 2.24) is 4.90 Å². The van der Waals surface area contributed by atoms with Crippen LogP contribution in [0, 0.1) is 0 Å². The highest BCUT2D eigenvalue weighted by Crippen LogP contribution is 2.30. The summed E-state index contributed by atoms with van der Waals surface area (Å²) in [5.41, 5.74) is 6.04. The highest BCUT2D eigenvalue weighted by atomic mass is 35.5. The standard InChI is InChI=1S/C15H21ClN2O2/c1-14(2)8-18(9-15(3,4)20-14)13(19)11-6-5-10(16)7-12(11)17/h5-7H,8-9,17H2,1-4H3. The molecule has 2 rings (SSSR count). The van der Waals surface area contributed by atoms with E-state index in [0.29, 0.717) is 29.4 Å². The molecule has 0 unspecified atom stereocenters. The van der Waals surface area contributed by atoms with Crippen LogP contribution in [-0.4, -0.2) is 35.1 Å². The molecule has 0 bridgehead atoms. The fraction of sp³-hybridized carbons (Fsp3) is 0.533. The molecule has 0 saturated carbocycles. The van der Waals surface area contributed by atoms with Crippen molar-refractivity contribution in [2.24, 2.45) is 0 Å². The van der Waals surface area contributed by atoms with E-state index in [4.69, 9.17) is 22.1 Å². The maximum atomic E-state index is 12.7. The molecule has 110 valence electrons. The van der Waals surface area contributed by atoms with Crippen molar-refractivity contribution in [1.29, 1.82) is 0 Å². The highest BCUT2D eigenvalue weighted by Gasteiger charge is 2.40. The van der Waals surface area contributed by atoms with E-state index in [1.54, 1.807) is 23.1 Å². The number of morpholine rings is 1. The first kappa shape index (κ1) is 15.1. The van der Waals surface area contributed by atoms with Crippen molar-refractivity contribution in [3.8, 4) is 0 Å². The van der Waals surface area contributed by atoms with Gasteiger partial charge in [0.05, 0.1) is 16.8 Å². The lowest BCUT2D eigenvalue weighted by atomic mass is 9.98. The van der Waals surface area contributed by atoms with Crippen LogP contribution < -0.4 is 5.73 Å². The summed E-state index contributed by atoms with van der Waals surface area (Å²) >= 11 is 5.87. The van der Waals surface area contributed by atoms with Crippen molar-refractivity contribution in [2.75, 3.05) is 18.8 Å². The quantitative estimate of drug-likeness (QED) is 0.811. The van der Waals surface area contributed by atoms with Gasteiger partial charge in [-0.1, -0.05) is 11.6 Å². The van der Waals surface area contributed by atoms with Gasteiger partial charge in [0, 0.05) is 23.8 Å². The van der Waals surface area contributed by atoms with Gasteiger partial charge < -0.3 is 15.4 Å². The molecule has 4 nitrogen and oxygen atoms in total. The second kappa shape index (κ2) is 4.93. The number of ether oxygens (including phenoxy) is 1. The van der Waals surface area contributed by atoms with E-state index in [9.17, 15) is 4.79 Å². The number of nitrogens with zero attached hydrogens (tertiary/aromatic N) is 1. The Morgan fingerprint density at radius 3 is 2.30 bits per heavy atom. The summed E-state index contributed by atoms with van der Waals surface area (Å²) in [6.45, 7) is 9.02. The van der Waals surface area contributed by atoms with E-state index >= 15 is 0 Å². The Kier molecular flexibility index (Phi) is 3.73. The molecule has 1 saturated heterocycles. The van der Waals surface area contributed by atoms with Gasteiger partial charge in [-0.15, -0.1) is 0 Å². The molecule has 1 aromatic carbocycles. The molecule has 1 aromatic rings. The second-order valence-corrected chi connectivity index (χ2v) is 6.95. The SMILES string of the molecule is CC1(C)CN(C(=O)c2ccc(Cl)cc2N)CC(C)(C)O1. The average molecular weight is 297 g/mol. The Morgan fingerprint density at radius 2 is 1.80 bits per heavy atom. The zero-order valence-electron chi connectivity index (χ0n) is 12.4. The van der Waals surface area contributed by atoms with Crippen LogP contribution >= 0.6 is 11.6 Å². The Morgan fingerprint density at radius 1 is 1.25 bits per heavy atom. The van der Waals surface area contributed by atoms with Gasteiger partial charge in [0.25, 0.3) is 5.91 Å². The molecule has 1 fully saturated rings. The Hall–Kier alpha value is -1.26. The number of nitrogen functional groups attached to an aromatic ring is 1. The smallest absolute Gasteiger partial charge is 0.256 e. The number of hydrogen-bond donors (Lipinski definition) is 1. The molecular formula is C15H21ClN2O2. The van der Waals surface area contributed by atoms with Gasteiger partial charge in [0.2, 0.25) is 0 Å². The minimum atomic E-state index is -0.376. The third-order valence-electron chi connectivity index (χ3n) is 3.23. The Labute approximate surface area is 124 Å². The van der Waals surface area contributed by atoms with Crippen molar-refractivity contribution in [3.05, 3.63) is 28.8 Å². The summed E-state index contributed by atoms with van der Waals surface area (Å²) in [5, 5.41) is 0.529. The number of nitrogens with two attached hydrogens (primary N) is 1. The van der Waals surface area contributed by atoms with Gasteiger partial charge >= 0.3 is 0 Å². The van der Waals surface area contributed by atoms with Crippen LogP contribution in [0.5, 0.6) is 0 Å². The summed E-state index contributed by atoms with van der Waals surface area (Å²) in [6, 6.07) is 4.96. The van der Waals surface area contributed by atoms with Gasteiger partial charge in [-0.2, -0.15) is 0 Å². The molecule has 0 spiro atoms. The first-order valence-corrected chi connectivity index (χ1v) is 7.02. The maximum Gasteiger partial charge on any atom is 0.256 e. The van der Waals surface area contributed by atoms with Crippen LogP contribution in [0.2, 0.25) is 5.02 Å². The molecule has 5 heteroatoms. The summed E-state index contributed by atoms with van der Waals surface area (Å²) in [6.07, 6.45) is 0. The largest absolute Gasteiger partial charge is 0.398 e. The van der Waals surface area contributed by atoms with E-state index < -0.39 is 0 Å². The molecule has 1 aliphatic heterocycles. The molecular weight excluding hydrogens is 276 g/mol. The monoisotopic (exact) mass is 296 g/mol. The number of amides is 1. The van der Waals surface area contributed by atoms with E-state index in [-0.39, 0.29) is 17.1 Å². The normalized spacial score (nSPS) is 20.8. The molecule has 0 aromatic heterocycles. The molecule has 1 amide bonds. The minimum Gasteiger partial charge on any atom is -0.398 e. The number of benzene rings is 1. The topological polar surface area (TPSA) is 55.6 Å². The fourth-order valence-electron chi connectivity index (χ4n) is 2.83. The maximum absolute atomic E-state index is 12.7. The number of carbonyl (C=O) groups is 1. The van der Waals surface area contributed by atoms with Crippen molar-refractivity contribution < 1.29 is 9.53 Å². The lowest BCUT2D eigenvalue weighted by molar-refractivity contribution is -0.171. The summed E-state index contributed by atoms with van der Waals surface area (Å²) in [5.74, 6) is -0.0800. The third-order valence-corrected chi connectivity index (χ3v) is 3.46. The van der Waals surface area contributed by atoms with Crippen LogP contribution in [0.1, 0.15) is 38.1 Å². The summed E-state index contributed by atoms with van der Waals surface area (Å²) in [7, 11) is 0. The number of hydrogen-bond acceptors (Lipinski definition) is 3. The lowest BCUT2D eigenvalue weighted by Gasteiger charge is -2.47. The van der Waals surface area contributed by atoms with Gasteiger partial charge in [0.15, 0.2) is 0 Å². The first-order chi connectivity index (χ1) is 9.10. The zero-order valence-corrected chi connectivity index (χ0v) is 13.1. The van der Waals surface area contributed by atoms with Crippen LogP contribution in [0.3, 0.4) is 0 Å². The van der Waals surface area contributed by atoms with Crippen LogP contribution in [0.4, 0.5) is 5.69 Å². The van der Waals surface area contributed by atoms with Crippen LogP contribution in [-0.2, 0) is 4.74 Å². The van der Waals surface area contributed by atoms with Gasteiger partial charge in [-0.25, -0.2) is 0 Å². The molecule has 0 aliphatic carbocycles.